The highest BCUT2D eigenvalue weighted by molar-refractivity contribution is 5.75. The third kappa shape index (κ3) is 3.14. The van der Waals surface area contributed by atoms with Gasteiger partial charge in [-0.3, -0.25) is 0 Å². The standard InChI is InChI=1S/C15H23N3O/c1-11(9-10-19-4)16-12(2)15-17-13-7-5-6-8-14(13)18(15)3/h5-8,11-12,16H,9-10H2,1-4H3. The molecule has 0 fully saturated rings. The van der Waals surface area contributed by atoms with Crippen molar-refractivity contribution < 1.29 is 4.74 Å². The summed E-state index contributed by atoms with van der Waals surface area (Å²) >= 11 is 0. The first-order valence-electron chi connectivity index (χ1n) is 6.79. The molecule has 0 saturated heterocycles. The van der Waals surface area contributed by atoms with Crippen LogP contribution < -0.4 is 5.32 Å². The van der Waals surface area contributed by atoms with E-state index in [1.807, 2.05) is 12.1 Å². The highest BCUT2D eigenvalue weighted by Crippen LogP contribution is 2.19. The summed E-state index contributed by atoms with van der Waals surface area (Å²) in [5.41, 5.74) is 2.23. The van der Waals surface area contributed by atoms with Crippen molar-refractivity contribution in [3.8, 4) is 0 Å². The van der Waals surface area contributed by atoms with Gasteiger partial charge in [0.2, 0.25) is 0 Å². The van der Waals surface area contributed by atoms with E-state index in [-0.39, 0.29) is 6.04 Å². The number of aromatic nitrogens is 2. The molecule has 1 aromatic heterocycles. The zero-order valence-corrected chi connectivity index (χ0v) is 12.2. The number of aryl methyl sites for hydroxylation is 1. The molecule has 0 saturated carbocycles. The molecule has 1 N–H and O–H groups in total. The molecular formula is C15H23N3O. The average Bonchev–Trinajstić information content (AvgIpc) is 2.74. The molecule has 0 radical (unpaired) electrons. The van der Waals surface area contributed by atoms with Gasteiger partial charge in [0.25, 0.3) is 0 Å². The van der Waals surface area contributed by atoms with E-state index in [2.05, 4.69) is 42.9 Å². The number of fused-ring (bicyclic) bond motifs is 1. The van der Waals surface area contributed by atoms with Crippen molar-refractivity contribution in [2.45, 2.75) is 32.4 Å². The Morgan fingerprint density at radius 3 is 2.74 bits per heavy atom. The Morgan fingerprint density at radius 2 is 2.05 bits per heavy atom. The molecule has 2 rings (SSSR count). The molecule has 0 spiro atoms. The summed E-state index contributed by atoms with van der Waals surface area (Å²) in [6.45, 7) is 5.12. The molecule has 2 unspecified atom stereocenters. The van der Waals surface area contributed by atoms with Crippen LogP contribution >= 0.6 is 0 Å². The minimum atomic E-state index is 0.226. The van der Waals surface area contributed by atoms with Gasteiger partial charge in [0.15, 0.2) is 0 Å². The summed E-state index contributed by atoms with van der Waals surface area (Å²) in [6, 6.07) is 8.87. The van der Waals surface area contributed by atoms with Crippen LogP contribution in [-0.4, -0.2) is 29.3 Å². The van der Waals surface area contributed by atoms with E-state index >= 15 is 0 Å². The van der Waals surface area contributed by atoms with E-state index in [1.54, 1.807) is 7.11 Å². The van der Waals surface area contributed by atoms with Crippen molar-refractivity contribution in [3.63, 3.8) is 0 Å². The lowest BCUT2D eigenvalue weighted by molar-refractivity contribution is 0.182. The van der Waals surface area contributed by atoms with Crippen molar-refractivity contribution in [2.75, 3.05) is 13.7 Å². The molecule has 0 aliphatic rings. The van der Waals surface area contributed by atoms with E-state index in [0.29, 0.717) is 6.04 Å². The molecule has 4 heteroatoms. The lowest BCUT2D eigenvalue weighted by Crippen LogP contribution is -2.31. The first kappa shape index (κ1) is 14.0. The molecule has 0 amide bonds. The molecule has 0 aliphatic carbocycles. The Kier molecular flexibility index (Phi) is 4.56. The van der Waals surface area contributed by atoms with E-state index in [4.69, 9.17) is 9.72 Å². The quantitative estimate of drug-likeness (QED) is 0.869. The van der Waals surface area contributed by atoms with Crippen molar-refractivity contribution in [3.05, 3.63) is 30.1 Å². The number of hydrogen-bond donors (Lipinski definition) is 1. The summed E-state index contributed by atoms with van der Waals surface area (Å²) in [5, 5.41) is 3.57. The summed E-state index contributed by atoms with van der Waals surface area (Å²) < 4.78 is 7.27. The highest BCUT2D eigenvalue weighted by Gasteiger charge is 2.15. The molecular weight excluding hydrogens is 238 g/mol. The summed E-state index contributed by atoms with van der Waals surface area (Å²) in [6.07, 6.45) is 1.00. The second-order valence-electron chi connectivity index (χ2n) is 5.09. The number of nitrogens with one attached hydrogen (secondary N) is 1. The number of methoxy groups -OCH3 is 1. The number of rotatable bonds is 6. The summed E-state index contributed by atoms with van der Waals surface area (Å²) in [5.74, 6) is 1.07. The number of hydrogen-bond acceptors (Lipinski definition) is 3. The Hall–Kier alpha value is -1.39. The largest absolute Gasteiger partial charge is 0.385 e. The Balaban J connectivity index is 2.12. The monoisotopic (exact) mass is 261 g/mol. The van der Waals surface area contributed by atoms with Crippen LogP contribution in [-0.2, 0) is 11.8 Å². The van der Waals surface area contributed by atoms with Gasteiger partial charge in [-0.1, -0.05) is 12.1 Å². The third-order valence-corrected chi connectivity index (χ3v) is 3.50. The molecule has 0 bridgehead atoms. The maximum Gasteiger partial charge on any atom is 0.126 e. The van der Waals surface area contributed by atoms with Crippen LogP contribution in [0.15, 0.2) is 24.3 Å². The number of para-hydroxylation sites is 2. The molecule has 19 heavy (non-hydrogen) atoms. The first-order valence-corrected chi connectivity index (χ1v) is 6.79. The molecule has 1 heterocycles. The highest BCUT2D eigenvalue weighted by atomic mass is 16.5. The van der Waals surface area contributed by atoms with Crippen LogP contribution in [0.3, 0.4) is 0 Å². The van der Waals surface area contributed by atoms with E-state index in [0.717, 1.165) is 24.4 Å². The predicted molar refractivity (Wildman–Crippen MR) is 78.2 cm³/mol. The first-order chi connectivity index (χ1) is 9.13. The minimum absolute atomic E-state index is 0.226. The lowest BCUT2D eigenvalue weighted by Gasteiger charge is -2.19. The Morgan fingerprint density at radius 1 is 1.32 bits per heavy atom. The van der Waals surface area contributed by atoms with E-state index in [9.17, 15) is 0 Å². The van der Waals surface area contributed by atoms with Gasteiger partial charge in [0, 0.05) is 26.8 Å². The molecule has 104 valence electrons. The smallest absolute Gasteiger partial charge is 0.126 e. The van der Waals surface area contributed by atoms with E-state index < -0.39 is 0 Å². The van der Waals surface area contributed by atoms with Gasteiger partial charge < -0.3 is 14.6 Å². The van der Waals surface area contributed by atoms with E-state index in [1.165, 1.54) is 5.52 Å². The van der Waals surface area contributed by atoms with Gasteiger partial charge in [0.05, 0.1) is 17.1 Å². The minimum Gasteiger partial charge on any atom is -0.385 e. The fourth-order valence-electron chi connectivity index (χ4n) is 2.43. The maximum absolute atomic E-state index is 5.11. The molecule has 2 aromatic rings. The Bertz CT molecular complexity index is 535. The summed E-state index contributed by atoms with van der Waals surface area (Å²) in [7, 11) is 3.81. The van der Waals surface area contributed by atoms with Crippen molar-refractivity contribution >= 4 is 11.0 Å². The van der Waals surface area contributed by atoms with Gasteiger partial charge in [-0.2, -0.15) is 0 Å². The second-order valence-corrected chi connectivity index (χ2v) is 5.09. The molecule has 2 atom stereocenters. The number of ether oxygens (including phenoxy) is 1. The number of nitrogens with zero attached hydrogens (tertiary/aromatic N) is 2. The van der Waals surface area contributed by atoms with Crippen molar-refractivity contribution in [2.24, 2.45) is 7.05 Å². The summed E-state index contributed by atoms with van der Waals surface area (Å²) in [4.78, 5) is 4.71. The van der Waals surface area contributed by atoms with Gasteiger partial charge >= 0.3 is 0 Å². The van der Waals surface area contributed by atoms with Crippen molar-refractivity contribution in [1.82, 2.24) is 14.9 Å². The van der Waals surface area contributed by atoms with Crippen molar-refractivity contribution in [1.29, 1.82) is 0 Å². The zero-order chi connectivity index (χ0) is 13.8. The Labute approximate surface area is 114 Å². The third-order valence-electron chi connectivity index (χ3n) is 3.50. The maximum atomic E-state index is 5.11. The van der Waals surface area contributed by atoms with Gasteiger partial charge in [-0.05, 0) is 32.4 Å². The molecule has 4 nitrogen and oxygen atoms in total. The molecule has 0 aliphatic heterocycles. The normalized spacial score (nSPS) is 14.7. The van der Waals surface area contributed by atoms with Gasteiger partial charge in [-0.15, -0.1) is 0 Å². The van der Waals surface area contributed by atoms with Crippen LogP contribution in [0, 0.1) is 0 Å². The van der Waals surface area contributed by atoms with Crippen LogP contribution in [0.4, 0.5) is 0 Å². The van der Waals surface area contributed by atoms with Crippen LogP contribution in [0.5, 0.6) is 0 Å². The fraction of sp³-hybridized carbons (Fsp3) is 0.533. The van der Waals surface area contributed by atoms with Gasteiger partial charge in [-0.25, -0.2) is 4.98 Å². The lowest BCUT2D eigenvalue weighted by atomic mass is 10.2. The zero-order valence-electron chi connectivity index (χ0n) is 12.2. The topological polar surface area (TPSA) is 39.1 Å². The van der Waals surface area contributed by atoms with Crippen LogP contribution in [0.1, 0.15) is 32.1 Å². The number of imidazole rings is 1. The second kappa shape index (κ2) is 6.17. The number of benzene rings is 1. The predicted octanol–water partition coefficient (Wildman–Crippen LogP) is 2.65. The van der Waals surface area contributed by atoms with Gasteiger partial charge in [0.1, 0.15) is 5.82 Å². The van der Waals surface area contributed by atoms with Crippen LogP contribution in [0.25, 0.3) is 11.0 Å². The fourth-order valence-corrected chi connectivity index (χ4v) is 2.43. The average molecular weight is 261 g/mol. The SMILES string of the molecule is COCCC(C)NC(C)c1nc2ccccc2n1C. The van der Waals surface area contributed by atoms with Crippen LogP contribution in [0.2, 0.25) is 0 Å². The molecule has 1 aromatic carbocycles.